The molecule has 0 radical (unpaired) electrons. The summed E-state index contributed by atoms with van der Waals surface area (Å²) >= 11 is 0. The molecule has 1 amide bonds. The summed E-state index contributed by atoms with van der Waals surface area (Å²) in [4.78, 5) is 18.7. The maximum atomic E-state index is 12.8. The summed E-state index contributed by atoms with van der Waals surface area (Å²) in [6.45, 7) is 3.50. The van der Waals surface area contributed by atoms with E-state index in [1.54, 1.807) is 24.5 Å². The summed E-state index contributed by atoms with van der Waals surface area (Å²) in [6, 6.07) is 11.0. The number of benzene rings is 1. The quantitative estimate of drug-likeness (QED) is 0.848. The molecule has 0 aliphatic carbocycles. The van der Waals surface area contributed by atoms with Crippen molar-refractivity contribution in [1.29, 1.82) is 0 Å². The lowest BCUT2D eigenvalue weighted by Gasteiger charge is -2.38. The molecule has 5 nitrogen and oxygen atoms in total. The number of pyridine rings is 1. The third kappa shape index (κ3) is 5.34. The third-order valence-electron chi connectivity index (χ3n) is 4.48. The summed E-state index contributed by atoms with van der Waals surface area (Å²) in [5, 5.41) is 0. The fraction of sp³-hybridized carbons (Fsp3) is 0.368. The van der Waals surface area contributed by atoms with Crippen LogP contribution in [-0.2, 0) is 0 Å². The number of aromatic nitrogens is 1. The molecule has 1 saturated heterocycles. The molecule has 142 valence electrons. The Hall–Kier alpha value is -1.82. The molecule has 26 heavy (non-hydrogen) atoms. The van der Waals surface area contributed by atoms with Crippen molar-refractivity contribution in [3.8, 4) is 11.5 Å². The van der Waals surface area contributed by atoms with Gasteiger partial charge in [0.15, 0.2) is 0 Å². The van der Waals surface area contributed by atoms with E-state index in [0.29, 0.717) is 29.5 Å². The number of halogens is 2. The van der Waals surface area contributed by atoms with Gasteiger partial charge in [0.25, 0.3) is 5.91 Å². The van der Waals surface area contributed by atoms with Gasteiger partial charge < -0.3 is 15.4 Å². The van der Waals surface area contributed by atoms with Gasteiger partial charge in [0, 0.05) is 30.9 Å². The van der Waals surface area contributed by atoms with Crippen LogP contribution in [-0.4, -0.2) is 34.9 Å². The fourth-order valence-corrected chi connectivity index (χ4v) is 3.12. The van der Waals surface area contributed by atoms with Gasteiger partial charge in [0.2, 0.25) is 0 Å². The molecular formula is C19H25Cl2N3O2. The summed E-state index contributed by atoms with van der Waals surface area (Å²) in [7, 11) is 0. The van der Waals surface area contributed by atoms with Gasteiger partial charge in [-0.25, -0.2) is 0 Å². The number of carbonyl (C=O) groups is 1. The first-order valence-corrected chi connectivity index (χ1v) is 8.36. The van der Waals surface area contributed by atoms with Crippen LogP contribution < -0.4 is 10.5 Å². The van der Waals surface area contributed by atoms with Crippen molar-refractivity contribution in [2.75, 3.05) is 13.1 Å². The number of piperidine rings is 1. The number of nitrogens with two attached hydrogens (primary N) is 1. The standard InChI is InChI=1S/C19H23N3O2.2ClH/c1-14-8-10-22(16(11-14)12-20)19(23)15-4-6-17(7-5-15)24-18-3-2-9-21-13-18;;/h2-7,9,13-14,16H,8,10-12,20H2,1H3;2*1H. The minimum Gasteiger partial charge on any atom is -0.456 e. The number of hydrogen-bond donors (Lipinski definition) is 1. The second-order valence-electron chi connectivity index (χ2n) is 6.33. The Balaban J connectivity index is 0.00000169. The Morgan fingerprint density at radius 1 is 1.23 bits per heavy atom. The molecular weight excluding hydrogens is 373 g/mol. The largest absolute Gasteiger partial charge is 0.456 e. The lowest BCUT2D eigenvalue weighted by molar-refractivity contribution is 0.0573. The molecule has 2 aromatic rings. The second kappa shape index (κ2) is 10.4. The van der Waals surface area contributed by atoms with E-state index in [-0.39, 0.29) is 36.8 Å². The van der Waals surface area contributed by atoms with Crippen molar-refractivity contribution in [2.24, 2.45) is 11.7 Å². The average Bonchev–Trinajstić information content (AvgIpc) is 2.62. The van der Waals surface area contributed by atoms with Crippen molar-refractivity contribution >= 4 is 30.7 Å². The van der Waals surface area contributed by atoms with Crippen molar-refractivity contribution < 1.29 is 9.53 Å². The summed E-state index contributed by atoms with van der Waals surface area (Å²) in [6.07, 6.45) is 5.36. The van der Waals surface area contributed by atoms with Crippen molar-refractivity contribution in [3.63, 3.8) is 0 Å². The zero-order chi connectivity index (χ0) is 16.9. The summed E-state index contributed by atoms with van der Waals surface area (Å²) in [5.41, 5.74) is 6.53. The van der Waals surface area contributed by atoms with Crippen LogP contribution in [0, 0.1) is 5.92 Å². The van der Waals surface area contributed by atoms with Crippen molar-refractivity contribution in [2.45, 2.75) is 25.8 Å². The number of amides is 1. The van der Waals surface area contributed by atoms with Gasteiger partial charge in [-0.3, -0.25) is 9.78 Å². The van der Waals surface area contributed by atoms with Gasteiger partial charge in [-0.05, 0) is 55.2 Å². The van der Waals surface area contributed by atoms with Crippen LogP contribution in [0.2, 0.25) is 0 Å². The monoisotopic (exact) mass is 397 g/mol. The van der Waals surface area contributed by atoms with E-state index in [1.165, 1.54) is 0 Å². The molecule has 0 bridgehead atoms. The molecule has 2 heterocycles. The number of nitrogens with zero attached hydrogens (tertiary/aromatic N) is 2. The SMILES string of the molecule is CC1CCN(C(=O)c2ccc(Oc3cccnc3)cc2)C(CN)C1.Cl.Cl. The maximum absolute atomic E-state index is 12.8. The van der Waals surface area contributed by atoms with E-state index >= 15 is 0 Å². The Labute approximate surface area is 166 Å². The van der Waals surface area contributed by atoms with Crippen molar-refractivity contribution in [3.05, 3.63) is 54.4 Å². The third-order valence-corrected chi connectivity index (χ3v) is 4.48. The first-order chi connectivity index (χ1) is 11.7. The highest BCUT2D eigenvalue weighted by Crippen LogP contribution is 2.25. The normalized spacial score (nSPS) is 19.1. The number of rotatable bonds is 4. The highest BCUT2D eigenvalue weighted by molar-refractivity contribution is 5.94. The maximum Gasteiger partial charge on any atom is 0.254 e. The molecule has 0 spiro atoms. The van der Waals surface area contributed by atoms with Gasteiger partial charge in [-0.2, -0.15) is 0 Å². The Bertz CT molecular complexity index is 683. The lowest BCUT2D eigenvalue weighted by atomic mass is 9.92. The number of likely N-dealkylation sites (tertiary alicyclic amines) is 1. The molecule has 1 aromatic carbocycles. The number of carbonyl (C=O) groups excluding carboxylic acids is 1. The summed E-state index contributed by atoms with van der Waals surface area (Å²) in [5.74, 6) is 2.02. The topological polar surface area (TPSA) is 68.5 Å². The minimum atomic E-state index is 0. The average molecular weight is 398 g/mol. The zero-order valence-electron chi connectivity index (χ0n) is 14.7. The highest BCUT2D eigenvalue weighted by atomic mass is 35.5. The van der Waals surface area contributed by atoms with Crippen LogP contribution in [0.4, 0.5) is 0 Å². The van der Waals surface area contributed by atoms with Crippen LogP contribution in [0.3, 0.4) is 0 Å². The van der Waals surface area contributed by atoms with Crippen LogP contribution >= 0.6 is 24.8 Å². The molecule has 1 aliphatic rings. The van der Waals surface area contributed by atoms with Gasteiger partial charge in [0.05, 0.1) is 6.20 Å². The first-order valence-electron chi connectivity index (χ1n) is 8.36. The van der Waals surface area contributed by atoms with Gasteiger partial charge in [-0.15, -0.1) is 24.8 Å². The van der Waals surface area contributed by atoms with Crippen molar-refractivity contribution in [1.82, 2.24) is 9.88 Å². The van der Waals surface area contributed by atoms with Crippen LogP contribution in [0.15, 0.2) is 48.8 Å². The molecule has 3 rings (SSSR count). The molecule has 1 fully saturated rings. The van der Waals surface area contributed by atoms with E-state index in [2.05, 4.69) is 11.9 Å². The molecule has 2 unspecified atom stereocenters. The Kier molecular flexibility index (Phi) is 8.85. The smallest absolute Gasteiger partial charge is 0.254 e. The first kappa shape index (κ1) is 22.2. The molecule has 1 aromatic heterocycles. The highest BCUT2D eigenvalue weighted by Gasteiger charge is 2.29. The van der Waals surface area contributed by atoms with Crippen LogP contribution in [0.25, 0.3) is 0 Å². The predicted octanol–water partition coefficient (Wildman–Crippen LogP) is 3.92. The van der Waals surface area contributed by atoms with E-state index in [1.807, 2.05) is 29.2 Å². The van der Waals surface area contributed by atoms with Gasteiger partial charge in [0.1, 0.15) is 11.5 Å². The minimum absolute atomic E-state index is 0. The zero-order valence-corrected chi connectivity index (χ0v) is 16.3. The molecule has 7 heteroatoms. The van der Waals surface area contributed by atoms with E-state index < -0.39 is 0 Å². The molecule has 2 atom stereocenters. The van der Waals surface area contributed by atoms with Gasteiger partial charge >= 0.3 is 0 Å². The number of ether oxygens (including phenoxy) is 1. The Morgan fingerprint density at radius 3 is 2.58 bits per heavy atom. The number of hydrogen-bond acceptors (Lipinski definition) is 4. The lowest BCUT2D eigenvalue weighted by Crippen LogP contribution is -2.49. The van der Waals surface area contributed by atoms with E-state index in [0.717, 1.165) is 19.4 Å². The molecule has 0 saturated carbocycles. The summed E-state index contributed by atoms with van der Waals surface area (Å²) < 4.78 is 5.71. The van der Waals surface area contributed by atoms with Gasteiger partial charge in [-0.1, -0.05) is 6.92 Å². The van der Waals surface area contributed by atoms with E-state index in [9.17, 15) is 4.79 Å². The molecule has 2 N–H and O–H groups in total. The van der Waals surface area contributed by atoms with Crippen LogP contribution in [0.1, 0.15) is 30.1 Å². The van der Waals surface area contributed by atoms with Crippen LogP contribution in [0.5, 0.6) is 11.5 Å². The van der Waals surface area contributed by atoms with E-state index in [4.69, 9.17) is 10.5 Å². The predicted molar refractivity (Wildman–Crippen MR) is 108 cm³/mol. The second-order valence-corrected chi connectivity index (χ2v) is 6.33. The fourth-order valence-electron chi connectivity index (χ4n) is 3.12. The Morgan fingerprint density at radius 2 is 1.96 bits per heavy atom. The molecule has 1 aliphatic heterocycles.